The van der Waals surface area contributed by atoms with Crippen LogP contribution in [-0.4, -0.2) is 5.78 Å². The Kier molecular flexibility index (Phi) is 4.63. The molecule has 1 aromatic heterocycles. The maximum atomic E-state index is 13.3. The molecule has 4 rings (SSSR count). The molecule has 0 aliphatic carbocycles. The summed E-state index contributed by atoms with van der Waals surface area (Å²) < 4.78 is 1.92. The fourth-order valence-electron chi connectivity index (χ4n) is 3.59. The lowest BCUT2D eigenvalue weighted by molar-refractivity contribution is 0.0993. The van der Waals surface area contributed by atoms with Crippen molar-refractivity contribution in [1.82, 2.24) is 0 Å². The van der Waals surface area contributed by atoms with Gasteiger partial charge in [-0.25, -0.2) is 0 Å². The van der Waals surface area contributed by atoms with Crippen molar-refractivity contribution in [3.8, 4) is 0 Å². The maximum absolute atomic E-state index is 13.3. The number of carbonyl (C=O) groups excluding carboxylic acids is 1. The van der Waals surface area contributed by atoms with Gasteiger partial charge in [0.25, 0.3) is 0 Å². The van der Waals surface area contributed by atoms with Gasteiger partial charge >= 0.3 is 0 Å². The summed E-state index contributed by atoms with van der Waals surface area (Å²) >= 11 is 1.61. The molecule has 0 atom stereocenters. The molecule has 0 unspecified atom stereocenters. The molecule has 0 aliphatic heterocycles. The summed E-state index contributed by atoms with van der Waals surface area (Å²) in [5.41, 5.74) is 2.66. The van der Waals surface area contributed by atoms with Crippen LogP contribution >= 0.6 is 11.3 Å². The van der Waals surface area contributed by atoms with Gasteiger partial charge in [0.1, 0.15) is 0 Å². The van der Waals surface area contributed by atoms with Crippen molar-refractivity contribution >= 4 is 37.3 Å². The molecule has 0 radical (unpaired) electrons. The lowest BCUT2D eigenvalue weighted by Gasteiger charge is -2.15. The topological polar surface area (TPSA) is 34.1 Å². The molecule has 0 spiro atoms. The summed E-state index contributed by atoms with van der Waals surface area (Å²) in [6.45, 7) is 4.21. The van der Waals surface area contributed by atoms with E-state index in [9.17, 15) is 9.59 Å². The third-order valence-corrected chi connectivity index (χ3v) is 6.08. The minimum atomic E-state index is 0.0257. The number of ketones is 1. The van der Waals surface area contributed by atoms with Crippen LogP contribution in [0.5, 0.6) is 0 Å². The number of benzene rings is 3. The normalized spacial score (nSPS) is 11.4. The summed E-state index contributed by atoms with van der Waals surface area (Å²) in [7, 11) is 0. The monoisotopic (exact) mass is 372 g/mol. The summed E-state index contributed by atoms with van der Waals surface area (Å²) in [5.74, 6) is 0.284. The highest BCUT2D eigenvalue weighted by atomic mass is 32.1. The van der Waals surface area contributed by atoms with Crippen LogP contribution in [0.25, 0.3) is 20.2 Å². The van der Waals surface area contributed by atoms with Gasteiger partial charge in [-0.2, -0.15) is 0 Å². The van der Waals surface area contributed by atoms with E-state index < -0.39 is 0 Å². The van der Waals surface area contributed by atoms with E-state index in [4.69, 9.17) is 0 Å². The van der Waals surface area contributed by atoms with E-state index in [1.807, 2.05) is 60.7 Å². The minimum absolute atomic E-state index is 0.0257. The zero-order valence-electron chi connectivity index (χ0n) is 15.4. The van der Waals surface area contributed by atoms with Gasteiger partial charge in [0.05, 0.1) is 0 Å². The van der Waals surface area contributed by atoms with Gasteiger partial charge in [-0.3, -0.25) is 9.59 Å². The molecular weight excluding hydrogens is 352 g/mol. The summed E-state index contributed by atoms with van der Waals surface area (Å²) in [4.78, 5) is 26.2. The summed E-state index contributed by atoms with van der Waals surface area (Å²) in [6.07, 6.45) is 0.245. The first-order valence-electron chi connectivity index (χ1n) is 9.12. The van der Waals surface area contributed by atoms with E-state index in [0.717, 1.165) is 25.9 Å². The average molecular weight is 372 g/mol. The average Bonchev–Trinajstić information content (AvgIpc) is 2.68. The molecular formula is C24H20O2S. The summed E-state index contributed by atoms with van der Waals surface area (Å²) in [5, 5.41) is 1.43. The fraction of sp³-hybridized carbons (Fsp3) is 0.167. The molecule has 27 heavy (non-hydrogen) atoms. The van der Waals surface area contributed by atoms with E-state index in [1.165, 1.54) is 0 Å². The first-order chi connectivity index (χ1) is 13.1. The number of Topliss-reactive ketones (excluding diaryl/α,β-unsaturated/α-hetero) is 1. The Bertz CT molecular complexity index is 1200. The molecule has 1 heterocycles. The Balaban J connectivity index is 1.98. The Morgan fingerprint density at radius 1 is 0.889 bits per heavy atom. The van der Waals surface area contributed by atoms with Gasteiger partial charge in [-0.15, -0.1) is 11.3 Å². The molecule has 0 amide bonds. The van der Waals surface area contributed by atoms with E-state index in [-0.39, 0.29) is 23.6 Å². The third kappa shape index (κ3) is 3.19. The molecule has 4 aromatic rings. The molecule has 134 valence electrons. The Morgan fingerprint density at radius 3 is 2.33 bits per heavy atom. The van der Waals surface area contributed by atoms with E-state index in [1.54, 1.807) is 11.3 Å². The van der Waals surface area contributed by atoms with E-state index >= 15 is 0 Å². The van der Waals surface area contributed by atoms with Crippen molar-refractivity contribution in [2.45, 2.75) is 26.2 Å². The van der Waals surface area contributed by atoms with Gasteiger partial charge < -0.3 is 0 Å². The molecule has 3 heteroatoms. The van der Waals surface area contributed by atoms with Crippen molar-refractivity contribution < 1.29 is 4.79 Å². The van der Waals surface area contributed by atoms with E-state index in [0.29, 0.717) is 10.9 Å². The van der Waals surface area contributed by atoms with Crippen LogP contribution < -0.4 is 5.43 Å². The van der Waals surface area contributed by atoms with Crippen molar-refractivity contribution in [1.29, 1.82) is 0 Å². The lowest BCUT2D eigenvalue weighted by Crippen LogP contribution is -2.12. The van der Waals surface area contributed by atoms with Gasteiger partial charge in [-0.1, -0.05) is 62.4 Å². The zero-order chi connectivity index (χ0) is 19.0. The Hall–Kier alpha value is -2.78. The number of carbonyl (C=O) groups is 1. The quantitative estimate of drug-likeness (QED) is 0.327. The molecule has 0 saturated heterocycles. The SMILES string of the molecule is CC(C)c1ccc2sc3ccccc3c(=O)c2c1CC(=O)c1ccccc1. The third-order valence-electron chi connectivity index (χ3n) is 4.94. The molecule has 3 aromatic carbocycles. The van der Waals surface area contributed by atoms with Gasteiger partial charge in [0, 0.05) is 32.2 Å². The van der Waals surface area contributed by atoms with Crippen molar-refractivity contribution in [2.75, 3.05) is 0 Å². The number of hydrogen-bond donors (Lipinski definition) is 0. The number of hydrogen-bond acceptors (Lipinski definition) is 3. The molecule has 0 saturated carbocycles. The smallest absolute Gasteiger partial charge is 0.196 e. The predicted octanol–water partition coefficient (Wildman–Crippen LogP) is 5.96. The minimum Gasteiger partial charge on any atom is -0.294 e. The highest BCUT2D eigenvalue weighted by Gasteiger charge is 2.18. The van der Waals surface area contributed by atoms with Crippen LogP contribution in [0.1, 0.15) is 41.3 Å². The first kappa shape index (κ1) is 17.6. The number of fused-ring (bicyclic) bond motifs is 2. The van der Waals surface area contributed by atoms with Crippen LogP contribution in [0.2, 0.25) is 0 Å². The second kappa shape index (κ2) is 7.09. The molecule has 0 fully saturated rings. The first-order valence-corrected chi connectivity index (χ1v) is 9.93. The van der Waals surface area contributed by atoms with Crippen LogP contribution in [-0.2, 0) is 6.42 Å². The second-order valence-corrected chi connectivity index (χ2v) is 8.14. The highest BCUT2D eigenvalue weighted by molar-refractivity contribution is 7.24. The van der Waals surface area contributed by atoms with E-state index in [2.05, 4.69) is 19.9 Å². The van der Waals surface area contributed by atoms with Gasteiger partial charge in [-0.05, 0) is 35.2 Å². The van der Waals surface area contributed by atoms with Crippen LogP contribution in [0.15, 0.2) is 71.5 Å². The van der Waals surface area contributed by atoms with Crippen LogP contribution in [0, 0.1) is 0 Å². The van der Waals surface area contributed by atoms with Crippen molar-refractivity contribution in [3.05, 3.63) is 93.6 Å². The Morgan fingerprint density at radius 2 is 1.59 bits per heavy atom. The highest BCUT2D eigenvalue weighted by Crippen LogP contribution is 2.32. The van der Waals surface area contributed by atoms with Gasteiger partial charge in [0.2, 0.25) is 0 Å². The largest absolute Gasteiger partial charge is 0.294 e. The molecule has 0 aliphatic rings. The van der Waals surface area contributed by atoms with Crippen molar-refractivity contribution in [2.24, 2.45) is 0 Å². The molecule has 2 nitrogen and oxygen atoms in total. The lowest BCUT2D eigenvalue weighted by atomic mass is 9.90. The maximum Gasteiger partial charge on any atom is 0.196 e. The zero-order valence-corrected chi connectivity index (χ0v) is 16.2. The fourth-order valence-corrected chi connectivity index (χ4v) is 4.70. The predicted molar refractivity (Wildman–Crippen MR) is 114 cm³/mol. The van der Waals surface area contributed by atoms with Crippen molar-refractivity contribution in [3.63, 3.8) is 0 Å². The number of rotatable bonds is 4. The standard InChI is InChI=1S/C24H20O2S/c1-15(2)17-12-13-22-23(24(26)18-10-6-7-11-21(18)27-22)19(17)14-20(25)16-8-4-3-5-9-16/h3-13,15H,14H2,1-2H3. The Labute approximate surface area is 162 Å². The van der Waals surface area contributed by atoms with Crippen LogP contribution in [0.4, 0.5) is 0 Å². The molecule has 0 N–H and O–H groups in total. The summed E-state index contributed by atoms with van der Waals surface area (Å²) in [6, 6.07) is 21.1. The van der Waals surface area contributed by atoms with Crippen LogP contribution in [0.3, 0.4) is 0 Å². The van der Waals surface area contributed by atoms with Gasteiger partial charge in [0.15, 0.2) is 11.2 Å². The second-order valence-electron chi connectivity index (χ2n) is 7.05. The molecule has 0 bridgehead atoms.